The number of hydrogen-bond donors (Lipinski definition) is 22. The van der Waals surface area contributed by atoms with Gasteiger partial charge in [-0.2, -0.15) is 0 Å². The Kier molecular flexibility index (Phi) is 36.8. The Morgan fingerprint density at radius 2 is 0.630 bits per heavy atom. The van der Waals surface area contributed by atoms with Crippen LogP contribution in [0.4, 0.5) is 5.69 Å². The fourth-order valence-corrected chi connectivity index (χ4v) is 11.3. The molecule has 0 bridgehead atoms. The fourth-order valence-electron chi connectivity index (χ4n) is 11.3. The molecular weight excluding hydrogens is 1390 g/mol. The number of primary amides is 1. The van der Waals surface area contributed by atoms with Gasteiger partial charge in [0.15, 0.2) is 23.8 Å². The Labute approximate surface area is 626 Å². The predicted molar refractivity (Wildman–Crippen MR) is 407 cm³/mol. The maximum atomic E-state index is 15.2. The number of carbonyl (C=O) groups excluding carboxylic acids is 11. The van der Waals surface area contributed by atoms with Crippen LogP contribution in [0.3, 0.4) is 0 Å². The third-order valence-corrected chi connectivity index (χ3v) is 16.8. The number of nitrogens with one attached hydrogen (secondary N) is 17. The molecule has 5 aromatic rings. The Morgan fingerprint density at radius 3 is 0.935 bits per heavy atom. The first-order valence-electron chi connectivity index (χ1n) is 35.3. The summed E-state index contributed by atoms with van der Waals surface area (Å²) in [6.07, 6.45) is -0.634. The van der Waals surface area contributed by atoms with Gasteiger partial charge in [0.2, 0.25) is 59.1 Å². The smallest absolute Gasteiger partial charge is 0.337 e. The average Bonchev–Trinajstić information content (AvgIpc) is 0.856. The van der Waals surface area contributed by atoms with Gasteiger partial charge in [-0.3, -0.25) is 69.6 Å². The molecule has 0 radical (unpaired) electrons. The average molecular weight is 1490 g/mol. The lowest BCUT2D eigenvalue weighted by Crippen LogP contribution is -2.61. The fraction of sp³-hybridized carbons (Fsp3) is 0.392. The highest BCUT2D eigenvalue weighted by molar-refractivity contribution is 5.99. The molecule has 0 aliphatic rings. The number of anilines is 1. The summed E-state index contributed by atoms with van der Waals surface area (Å²) in [6, 6.07) is 27.9. The molecular formula is C74H102N22O12. The van der Waals surface area contributed by atoms with Crippen molar-refractivity contribution < 1.29 is 57.5 Å². The molecule has 108 heavy (non-hydrogen) atoms. The number of hydrogen-bond acceptors (Lipinski definition) is 16. The molecule has 0 saturated carbocycles. The van der Waals surface area contributed by atoms with E-state index in [0.29, 0.717) is 33.5 Å². The highest BCUT2D eigenvalue weighted by atomic mass is 16.5. The van der Waals surface area contributed by atoms with Crippen molar-refractivity contribution in [1.82, 2.24) is 63.8 Å². The van der Waals surface area contributed by atoms with Gasteiger partial charge in [-0.1, -0.05) is 121 Å². The second-order valence-corrected chi connectivity index (χ2v) is 25.6. The van der Waals surface area contributed by atoms with Crippen molar-refractivity contribution in [2.75, 3.05) is 38.6 Å². The van der Waals surface area contributed by atoms with Crippen LogP contribution in [-0.2, 0) is 78.4 Å². The van der Waals surface area contributed by atoms with E-state index in [1.807, 2.05) is 0 Å². The number of ether oxygens (including phenoxy) is 1. The second kappa shape index (κ2) is 46.2. The van der Waals surface area contributed by atoms with Crippen LogP contribution in [0.1, 0.15) is 109 Å². The van der Waals surface area contributed by atoms with Gasteiger partial charge in [0.1, 0.15) is 48.3 Å². The maximum absolute atomic E-state index is 15.2. The van der Waals surface area contributed by atoms with E-state index >= 15 is 14.4 Å². The summed E-state index contributed by atoms with van der Waals surface area (Å²) in [7, 11) is 1.23. The number of aryl methyl sites for hydroxylation is 1. The summed E-state index contributed by atoms with van der Waals surface area (Å²) >= 11 is 0. The van der Waals surface area contributed by atoms with Crippen LogP contribution >= 0.6 is 0 Å². The van der Waals surface area contributed by atoms with Gasteiger partial charge in [0.25, 0.3) is 0 Å². The lowest BCUT2D eigenvalue weighted by atomic mass is 10.0. The van der Waals surface area contributed by atoms with E-state index in [1.165, 1.54) is 13.2 Å². The normalized spacial score (nSPS) is 12.9. The van der Waals surface area contributed by atoms with Gasteiger partial charge in [-0.05, 0) is 111 Å². The van der Waals surface area contributed by atoms with Gasteiger partial charge in [-0.25, -0.2) is 4.79 Å². The summed E-state index contributed by atoms with van der Waals surface area (Å²) in [5.74, 6) is -10.0. The highest BCUT2D eigenvalue weighted by Crippen LogP contribution is 2.18. The van der Waals surface area contributed by atoms with Gasteiger partial charge < -0.3 is 103 Å². The summed E-state index contributed by atoms with van der Waals surface area (Å²) in [5.41, 5.74) is 31.7. The molecule has 0 spiro atoms. The van der Waals surface area contributed by atoms with Crippen molar-refractivity contribution >= 4 is 94.6 Å². The molecule has 5 rings (SSSR count). The molecule has 580 valence electrons. The topological polar surface area (TPSA) is 579 Å². The molecule has 34 nitrogen and oxygen atoms in total. The number of benzene rings is 5. The van der Waals surface area contributed by atoms with E-state index in [9.17, 15) is 38.4 Å². The summed E-state index contributed by atoms with van der Waals surface area (Å²) in [5, 5.41) is 66.2. The van der Waals surface area contributed by atoms with Crippen molar-refractivity contribution in [2.45, 2.75) is 152 Å². The molecule has 0 aromatic heterocycles. The highest BCUT2D eigenvalue weighted by Gasteiger charge is 2.36. The van der Waals surface area contributed by atoms with E-state index in [-0.39, 0.29) is 152 Å². The molecule has 0 aliphatic carbocycles. The zero-order valence-corrected chi connectivity index (χ0v) is 60.6. The van der Waals surface area contributed by atoms with Crippen molar-refractivity contribution in [2.24, 2.45) is 28.7 Å². The first kappa shape index (κ1) is 86.0. The standard InChI is InChI=1S/C74H102N22O12/c1-45-38-50(70(107)108-2)44-51(39-45)88-60(97)32-15-33-61(98)89-52(28-16-34-84-71(76)77)63(100)94-57(41-47-22-9-4-10-23-47)67(104)91-54(30-18-36-86-73(80)81)65(102)96-59(43-49-26-13-6-14-27-49)69(106)92-55(31-19-37-87-74(82)83)66(103)95-58(42-48-24-11-5-12-25-48)68(105)90-53(29-17-35-85-72(78)79)64(101)93-56(62(75)99)40-46-20-7-3-8-21-46/h3-14,20-27,38-39,44,52-59H,15-19,28-37,40-43H2,1-2H3,(H2,75,99)(H,88,97)(H,89,98)(H,90,105)(H,91,104)(H,92,106)(H,93,101)(H,94,100)(H,95,103)(H,96,102)(H4,76,77,84)(H4,78,79,85)(H4,80,81,86)(H4,82,83,87)/t52-,53-,54-,55-,56-,57-,58-,59-/m0/s1. The minimum atomic E-state index is -1.52. The maximum Gasteiger partial charge on any atom is 0.337 e. The summed E-state index contributed by atoms with van der Waals surface area (Å²) < 4.78 is 4.82. The Balaban J connectivity index is 1.44. The van der Waals surface area contributed by atoms with E-state index in [2.05, 4.69) is 69.1 Å². The van der Waals surface area contributed by atoms with Crippen molar-refractivity contribution in [3.8, 4) is 0 Å². The Bertz CT molecular complexity index is 3860. The van der Waals surface area contributed by atoms with Gasteiger partial charge >= 0.3 is 5.97 Å². The molecule has 8 atom stereocenters. The molecule has 27 N–H and O–H groups in total. The minimum Gasteiger partial charge on any atom is -0.465 e. The summed E-state index contributed by atoms with van der Waals surface area (Å²) in [6.45, 7) is 2.05. The number of rotatable bonds is 46. The van der Waals surface area contributed by atoms with Gasteiger partial charge in [0, 0.05) is 70.4 Å². The zero-order valence-electron chi connectivity index (χ0n) is 60.6. The molecule has 0 unspecified atom stereocenters. The van der Waals surface area contributed by atoms with Gasteiger partial charge in [-0.15, -0.1) is 0 Å². The van der Waals surface area contributed by atoms with Crippen LogP contribution in [0.5, 0.6) is 0 Å². The van der Waals surface area contributed by atoms with E-state index < -0.39 is 113 Å². The number of methoxy groups -OCH3 is 1. The van der Waals surface area contributed by atoms with Crippen LogP contribution in [0.2, 0.25) is 0 Å². The summed E-state index contributed by atoms with van der Waals surface area (Å²) in [4.78, 5) is 156. The predicted octanol–water partition coefficient (Wildman–Crippen LogP) is -0.722. The third-order valence-electron chi connectivity index (χ3n) is 16.8. The lowest BCUT2D eigenvalue weighted by molar-refractivity contribution is -0.136. The van der Waals surface area contributed by atoms with E-state index in [0.717, 1.165) is 0 Å². The molecule has 0 saturated heterocycles. The molecule has 0 heterocycles. The van der Waals surface area contributed by atoms with Crippen LogP contribution in [0.15, 0.2) is 140 Å². The third kappa shape index (κ3) is 33.0. The number of nitrogens with two attached hydrogens (primary N) is 5. The molecule has 0 aliphatic heterocycles. The van der Waals surface area contributed by atoms with Crippen molar-refractivity contribution in [1.29, 1.82) is 21.6 Å². The van der Waals surface area contributed by atoms with Crippen molar-refractivity contribution in [3.05, 3.63) is 173 Å². The zero-order chi connectivity index (χ0) is 78.9. The van der Waals surface area contributed by atoms with E-state index in [1.54, 1.807) is 140 Å². The molecule has 10 amide bonds. The van der Waals surface area contributed by atoms with Crippen LogP contribution in [0.25, 0.3) is 0 Å². The first-order chi connectivity index (χ1) is 51.7. The first-order valence-corrected chi connectivity index (χ1v) is 35.3. The molecule has 5 aromatic carbocycles. The number of carbonyl (C=O) groups is 11. The quantitative estimate of drug-likeness (QED) is 0.00989. The van der Waals surface area contributed by atoms with Crippen LogP contribution < -0.4 is 97.8 Å². The minimum absolute atomic E-state index is 0.0203. The number of guanidine groups is 4. The largest absolute Gasteiger partial charge is 0.465 e. The Morgan fingerprint density at radius 1 is 0.352 bits per heavy atom. The number of amides is 10. The second-order valence-electron chi connectivity index (χ2n) is 25.6. The SMILES string of the molecule is COC(=O)c1cc(C)cc(NC(=O)CCCC(=O)N[C@@H](CCCNC(=N)N)C(=O)N[C@@H](Cc2ccccc2)C(=O)N[C@@H](CCCNC(=N)N)C(=O)N[C@@H](Cc2ccccc2)C(=O)N[C@@H](CCCNC(=N)N)C(=O)N[C@@H](Cc2ccccc2)C(=O)N[C@@H](CCCNC(=N)N)C(=O)N[C@@H](Cc2ccccc2)C(N)=O)c1. The monoisotopic (exact) mass is 1490 g/mol. The Hall–Kier alpha value is -12.7. The van der Waals surface area contributed by atoms with Gasteiger partial charge in [0.05, 0.1) is 12.7 Å². The van der Waals surface area contributed by atoms with Crippen molar-refractivity contribution in [3.63, 3.8) is 0 Å². The molecule has 34 heteroatoms. The van der Waals surface area contributed by atoms with Crippen LogP contribution in [-0.4, -0.2) is 171 Å². The van der Waals surface area contributed by atoms with Crippen LogP contribution in [0, 0.1) is 28.6 Å². The van der Waals surface area contributed by atoms with E-state index in [4.69, 9.17) is 55.0 Å². The lowest BCUT2D eigenvalue weighted by Gasteiger charge is -2.28. The molecule has 0 fully saturated rings. The number of esters is 1.